The van der Waals surface area contributed by atoms with Crippen LogP contribution in [0.3, 0.4) is 0 Å². The van der Waals surface area contributed by atoms with Crippen LogP contribution in [0, 0.1) is 0 Å². The number of nitrogens with two attached hydrogens (primary N) is 1. The molecule has 96 valence electrons. The monoisotopic (exact) mass is 243 g/mol. The van der Waals surface area contributed by atoms with Gasteiger partial charge < -0.3 is 25.6 Å². The zero-order valence-electron chi connectivity index (χ0n) is 9.72. The molecule has 1 aromatic rings. The number of rotatable bonds is 8. The van der Waals surface area contributed by atoms with Crippen molar-refractivity contribution in [2.24, 2.45) is 0 Å². The van der Waals surface area contributed by atoms with Gasteiger partial charge in [-0.1, -0.05) is 0 Å². The molecule has 4 N–H and O–H groups in total. The van der Waals surface area contributed by atoms with Crippen LogP contribution in [0.5, 0.6) is 6.01 Å². The topological polar surface area (TPSA) is 115 Å². The molecule has 0 saturated heterocycles. The summed E-state index contributed by atoms with van der Waals surface area (Å²) in [6.45, 7) is 3.56. The van der Waals surface area contributed by atoms with Gasteiger partial charge in [0, 0.05) is 6.54 Å². The molecule has 0 radical (unpaired) electrons. The first-order valence-corrected chi connectivity index (χ1v) is 5.33. The molecule has 0 saturated carbocycles. The predicted octanol–water partition coefficient (Wildman–Crippen LogP) is -0.727. The third kappa shape index (κ3) is 5.27. The van der Waals surface area contributed by atoms with E-state index in [-0.39, 0.29) is 18.6 Å². The predicted molar refractivity (Wildman–Crippen MR) is 61.8 cm³/mol. The molecule has 8 heteroatoms. The van der Waals surface area contributed by atoms with Crippen molar-refractivity contribution in [1.82, 2.24) is 15.0 Å². The van der Waals surface area contributed by atoms with Crippen LogP contribution >= 0.6 is 0 Å². The van der Waals surface area contributed by atoms with Crippen LogP contribution in [-0.4, -0.2) is 53.0 Å². The van der Waals surface area contributed by atoms with Crippen LogP contribution in [0.1, 0.15) is 6.92 Å². The van der Waals surface area contributed by atoms with Crippen molar-refractivity contribution >= 4 is 11.9 Å². The molecular weight excluding hydrogens is 226 g/mol. The molecule has 0 aliphatic rings. The summed E-state index contributed by atoms with van der Waals surface area (Å²) in [6.07, 6.45) is 0. The lowest BCUT2D eigenvalue weighted by molar-refractivity contribution is 0.0991. The highest BCUT2D eigenvalue weighted by Crippen LogP contribution is 2.08. The van der Waals surface area contributed by atoms with Crippen molar-refractivity contribution in [3.63, 3.8) is 0 Å². The molecule has 0 unspecified atom stereocenters. The van der Waals surface area contributed by atoms with Crippen molar-refractivity contribution in [3.8, 4) is 6.01 Å². The van der Waals surface area contributed by atoms with E-state index >= 15 is 0 Å². The van der Waals surface area contributed by atoms with E-state index in [2.05, 4.69) is 20.3 Å². The Kier molecular flexibility index (Phi) is 5.97. The Morgan fingerprint density at radius 3 is 2.82 bits per heavy atom. The number of nitrogen functional groups attached to an aromatic ring is 1. The number of aliphatic hydroxyl groups is 1. The van der Waals surface area contributed by atoms with Crippen molar-refractivity contribution in [2.45, 2.75) is 6.92 Å². The second-order valence-electron chi connectivity index (χ2n) is 3.00. The van der Waals surface area contributed by atoms with Crippen LogP contribution in [-0.2, 0) is 4.74 Å². The molecule has 0 aromatic carbocycles. The van der Waals surface area contributed by atoms with Gasteiger partial charge in [-0.2, -0.15) is 15.0 Å². The second-order valence-corrected chi connectivity index (χ2v) is 3.00. The zero-order valence-corrected chi connectivity index (χ0v) is 9.72. The Labute approximate surface area is 99.2 Å². The maximum absolute atomic E-state index is 8.50. The Morgan fingerprint density at radius 2 is 2.12 bits per heavy atom. The third-order valence-corrected chi connectivity index (χ3v) is 1.67. The summed E-state index contributed by atoms with van der Waals surface area (Å²) in [5.74, 6) is 0.441. The van der Waals surface area contributed by atoms with E-state index in [0.717, 1.165) is 0 Å². The standard InChI is InChI=1S/C9H17N5O3/c1-2-17-9-13-7(10)12-8(14-9)11-3-5-16-6-4-15/h15H,2-6H2,1H3,(H3,10,11,12,13,14). The molecule has 0 aliphatic heterocycles. The normalized spacial score (nSPS) is 10.2. The Bertz CT molecular complexity index is 336. The zero-order chi connectivity index (χ0) is 12.5. The SMILES string of the molecule is CCOc1nc(N)nc(NCCOCCO)n1. The minimum atomic E-state index is 0.00714. The molecule has 1 rings (SSSR count). The minimum absolute atomic E-state index is 0.00714. The molecule has 1 aromatic heterocycles. The fourth-order valence-corrected chi connectivity index (χ4v) is 1.05. The Morgan fingerprint density at radius 1 is 1.29 bits per heavy atom. The maximum atomic E-state index is 8.50. The fourth-order valence-electron chi connectivity index (χ4n) is 1.05. The Hall–Kier alpha value is -1.67. The number of hydrogen-bond donors (Lipinski definition) is 3. The van der Waals surface area contributed by atoms with Gasteiger partial charge in [-0.15, -0.1) is 0 Å². The number of nitrogens with zero attached hydrogens (tertiary/aromatic N) is 3. The van der Waals surface area contributed by atoms with Gasteiger partial charge in [0.05, 0.1) is 26.4 Å². The molecule has 0 atom stereocenters. The van der Waals surface area contributed by atoms with Crippen molar-refractivity contribution in [2.75, 3.05) is 44.0 Å². The molecular formula is C9H17N5O3. The summed E-state index contributed by atoms with van der Waals surface area (Å²) in [5.41, 5.74) is 5.50. The van der Waals surface area contributed by atoms with E-state index in [0.29, 0.717) is 32.3 Å². The molecule has 1 heterocycles. The quantitative estimate of drug-likeness (QED) is 0.512. The number of anilines is 2. The molecule has 0 fully saturated rings. The molecule has 17 heavy (non-hydrogen) atoms. The van der Waals surface area contributed by atoms with E-state index < -0.39 is 0 Å². The third-order valence-electron chi connectivity index (χ3n) is 1.67. The molecule has 0 bridgehead atoms. The largest absolute Gasteiger partial charge is 0.464 e. The first-order valence-electron chi connectivity index (χ1n) is 5.33. The molecule has 0 amide bonds. The van der Waals surface area contributed by atoms with Gasteiger partial charge in [0.1, 0.15) is 0 Å². The lowest BCUT2D eigenvalue weighted by atomic mass is 10.6. The lowest BCUT2D eigenvalue weighted by Gasteiger charge is -2.07. The van der Waals surface area contributed by atoms with Crippen molar-refractivity contribution < 1.29 is 14.6 Å². The van der Waals surface area contributed by atoms with E-state index in [1.165, 1.54) is 0 Å². The van der Waals surface area contributed by atoms with Crippen LogP contribution in [0.4, 0.5) is 11.9 Å². The smallest absolute Gasteiger partial charge is 0.323 e. The number of aliphatic hydroxyl groups excluding tert-OH is 1. The van der Waals surface area contributed by atoms with Gasteiger partial charge in [0.2, 0.25) is 11.9 Å². The lowest BCUT2D eigenvalue weighted by Crippen LogP contribution is -2.14. The molecule has 0 spiro atoms. The number of ether oxygens (including phenoxy) is 2. The highest BCUT2D eigenvalue weighted by Gasteiger charge is 2.04. The first-order chi connectivity index (χ1) is 8.26. The van der Waals surface area contributed by atoms with Crippen LogP contribution in [0.15, 0.2) is 0 Å². The van der Waals surface area contributed by atoms with Gasteiger partial charge in [-0.25, -0.2) is 0 Å². The summed E-state index contributed by atoms with van der Waals surface area (Å²) in [4.78, 5) is 11.7. The Balaban J connectivity index is 2.41. The van der Waals surface area contributed by atoms with E-state index in [9.17, 15) is 0 Å². The van der Waals surface area contributed by atoms with Crippen molar-refractivity contribution in [1.29, 1.82) is 0 Å². The first kappa shape index (κ1) is 13.4. The fraction of sp³-hybridized carbons (Fsp3) is 0.667. The van der Waals surface area contributed by atoms with E-state index in [1.807, 2.05) is 6.92 Å². The maximum Gasteiger partial charge on any atom is 0.323 e. The van der Waals surface area contributed by atoms with E-state index in [4.69, 9.17) is 20.3 Å². The van der Waals surface area contributed by atoms with Crippen LogP contribution in [0.2, 0.25) is 0 Å². The van der Waals surface area contributed by atoms with Gasteiger partial charge >= 0.3 is 6.01 Å². The number of nitrogens with one attached hydrogen (secondary N) is 1. The van der Waals surface area contributed by atoms with Gasteiger partial charge in [-0.3, -0.25) is 0 Å². The van der Waals surface area contributed by atoms with Crippen LogP contribution in [0.25, 0.3) is 0 Å². The molecule has 8 nitrogen and oxygen atoms in total. The average Bonchev–Trinajstić information content (AvgIpc) is 2.28. The summed E-state index contributed by atoms with van der Waals surface area (Å²) >= 11 is 0. The minimum Gasteiger partial charge on any atom is -0.464 e. The number of aromatic nitrogens is 3. The van der Waals surface area contributed by atoms with Gasteiger partial charge in [0.25, 0.3) is 0 Å². The van der Waals surface area contributed by atoms with E-state index in [1.54, 1.807) is 0 Å². The molecule has 0 aliphatic carbocycles. The second kappa shape index (κ2) is 7.58. The summed E-state index contributed by atoms with van der Waals surface area (Å²) in [6, 6.07) is 0.193. The summed E-state index contributed by atoms with van der Waals surface area (Å²) < 4.78 is 10.2. The van der Waals surface area contributed by atoms with Crippen molar-refractivity contribution in [3.05, 3.63) is 0 Å². The van der Waals surface area contributed by atoms with Gasteiger partial charge in [0.15, 0.2) is 0 Å². The van der Waals surface area contributed by atoms with Gasteiger partial charge in [-0.05, 0) is 6.92 Å². The van der Waals surface area contributed by atoms with Crippen LogP contribution < -0.4 is 15.8 Å². The summed E-state index contributed by atoms with van der Waals surface area (Å²) in [5, 5.41) is 11.4. The average molecular weight is 243 g/mol. The summed E-state index contributed by atoms with van der Waals surface area (Å²) in [7, 11) is 0. The highest BCUT2D eigenvalue weighted by atomic mass is 16.5. The highest BCUT2D eigenvalue weighted by molar-refractivity contribution is 5.32. The number of hydrogen-bond acceptors (Lipinski definition) is 8.